The van der Waals surface area contributed by atoms with Crippen LogP contribution in [0.25, 0.3) is 22.2 Å². The van der Waals surface area contributed by atoms with E-state index in [9.17, 15) is 4.79 Å². The Labute approximate surface area is 150 Å². The maximum absolute atomic E-state index is 12.4. The van der Waals surface area contributed by atoms with E-state index in [1.54, 1.807) is 18.6 Å². The number of aromatic amines is 1. The molecule has 26 heavy (non-hydrogen) atoms. The van der Waals surface area contributed by atoms with Gasteiger partial charge in [0.25, 0.3) is 5.91 Å². The molecule has 128 valence electrons. The van der Waals surface area contributed by atoms with E-state index in [0.717, 1.165) is 27.7 Å². The quantitative estimate of drug-likeness (QED) is 0.594. The van der Waals surface area contributed by atoms with Gasteiger partial charge in [-0.2, -0.15) is 0 Å². The first-order valence-corrected chi connectivity index (χ1v) is 8.32. The molecule has 3 heterocycles. The van der Waals surface area contributed by atoms with Crippen molar-refractivity contribution in [3.63, 3.8) is 0 Å². The van der Waals surface area contributed by atoms with E-state index in [0.29, 0.717) is 0 Å². The van der Waals surface area contributed by atoms with Crippen molar-refractivity contribution in [1.82, 2.24) is 25.3 Å². The van der Waals surface area contributed by atoms with Crippen LogP contribution >= 0.6 is 0 Å². The molecule has 0 aliphatic rings. The summed E-state index contributed by atoms with van der Waals surface area (Å²) >= 11 is 0. The van der Waals surface area contributed by atoms with Crippen LogP contribution in [0.1, 0.15) is 29.1 Å². The Morgan fingerprint density at radius 2 is 1.81 bits per heavy atom. The third-order valence-electron chi connectivity index (χ3n) is 4.26. The monoisotopic (exact) mass is 343 g/mol. The molecule has 0 saturated carbocycles. The first-order valence-electron chi connectivity index (χ1n) is 8.32. The highest BCUT2D eigenvalue weighted by Crippen LogP contribution is 2.26. The van der Waals surface area contributed by atoms with Gasteiger partial charge in [0.1, 0.15) is 5.65 Å². The summed E-state index contributed by atoms with van der Waals surface area (Å²) in [6, 6.07) is 13.5. The lowest BCUT2D eigenvalue weighted by atomic mass is 10.1. The molecule has 2 N–H and O–H groups in total. The molecule has 6 heteroatoms. The van der Waals surface area contributed by atoms with Crippen LogP contribution < -0.4 is 5.32 Å². The fraction of sp³-hybridized carbons (Fsp3) is 0.100. The van der Waals surface area contributed by atoms with Crippen LogP contribution in [0.15, 0.2) is 67.3 Å². The van der Waals surface area contributed by atoms with Gasteiger partial charge in [-0.1, -0.05) is 30.3 Å². The van der Waals surface area contributed by atoms with Crippen molar-refractivity contribution < 1.29 is 4.79 Å². The first kappa shape index (κ1) is 16.0. The molecule has 0 radical (unpaired) electrons. The summed E-state index contributed by atoms with van der Waals surface area (Å²) in [5, 5.41) is 3.91. The van der Waals surface area contributed by atoms with E-state index in [1.807, 2.05) is 55.6 Å². The van der Waals surface area contributed by atoms with Crippen LogP contribution in [0.2, 0.25) is 0 Å². The molecular formula is C20H17N5O. The van der Waals surface area contributed by atoms with Gasteiger partial charge in [-0.25, -0.2) is 15.0 Å². The number of pyridine rings is 1. The Kier molecular flexibility index (Phi) is 4.15. The minimum atomic E-state index is -0.298. The summed E-state index contributed by atoms with van der Waals surface area (Å²) in [4.78, 5) is 28.2. The van der Waals surface area contributed by atoms with Crippen LogP contribution in [0, 0.1) is 0 Å². The lowest BCUT2D eigenvalue weighted by Gasteiger charge is -2.13. The number of nitrogens with one attached hydrogen (secondary N) is 2. The van der Waals surface area contributed by atoms with Gasteiger partial charge in [0.2, 0.25) is 5.82 Å². The van der Waals surface area contributed by atoms with Gasteiger partial charge < -0.3 is 10.3 Å². The normalized spacial score (nSPS) is 12.0. The summed E-state index contributed by atoms with van der Waals surface area (Å²) in [7, 11) is 0. The van der Waals surface area contributed by atoms with Gasteiger partial charge in [0.05, 0.1) is 6.04 Å². The second-order valence-corrected chi connectivity index (χ2v) is 6.00. The van der Waals surface area contributed by atoms with Crippen molar-refractivity contribution in [2.75, 3.05) is 0 Å². The Bertz CT molecular complexity index is 1040. The summed E-state index contributed by atoms with van der Waals surface area (Å²) in [5.41, 5.74) is 3.62. The zero-order valence-corrected chi connectivity index (χ0v) is 14.2. The zero-order valence-electron chi connectivity index (χ0n) is 14.2. The molecule has 1 aromatic carbocycles. The van der Waals surface area contributed by atoms with Crippen LogP contribution in [0.4, 0.5) is 0 Å². The average molecular weight is 343 g/mol. The molecule has 0 bridgehead atoms. The lowest BCUT2D eigenvalue weighted by Crippen LogP contribution is -2.28. The summed E-state index contributed by atoms with van der Waals surface area (Å²) in [6.45, 7) is 1.93. The van der Waals surface area contributed by atoms with E-state index >= 15 is 0 Å². The second-order valence-electron chi connectivity index (χ2n) is 6.00. The van der Waals surface area contributed by atoms with E-state index in [4.69, 9.17) is 0 Å². The van der Waals surface area contributed by atoms with Crippen molar-refractivity contribution in [3.05, 3.63) is 78.6 Å². The van der Waals surface area contributed by atoms with Gasteiger partial charge in [0, 0.05) is 41.3 Å². The number of aromatic nitrogens is 4. The van der Waals surface area contributed by atoms with Crippen molar-refractivity contribution in [2.24, 2.45) is 0 Å². The molecule has 6 nitrogen and oxygen atoms in total. The van der Waals surface area contributed by atoms with E-state index in [-0.39, 0.29) is 17.8 Å². The fourth-order valence-electron chi connectivity index (χ4n) is 2.87. The number of nitrogens with zero attached hydrogens (tertiary/aromatic N) is 3. The minimum Gasteiger partial charge on any atom is -0.346 e. The fourth-order valence-corrected chi connectivity index (χ4v) is 2.87. The number of carbonyl (C=O) groups is 1. The number of carbonyl (C=O) groups excluding carboxylic acids is 1. The lowest BCUT2D eigenvalue weighted by molar-refractivity contribution is 0.0929. The highest BCUT2D eigenvalue weighted by Gasteiger charge is 2.14. The molecule has 0 spiro atoms. The molecule has 1 atom stereocenters. The zero-order chi connectivity index (χ0) is 17.9. The second kappa shape index (κ2) is 6.76. The van der Waals surface area contributed by atoms with Gasteiger partial charge in [-0.15, -0.1) is 0 Å². The van der Waals surface area contributed by atoms with Gasteiger partial charge in [-0.3, -0.25) is 4.79 Å². The predicted molar refractivity (Wildman–Crippen MR) is 99.4 cm³/mol. The van der Waals surface area contributed by atoms with Crippen LogP contribution in [-0.2, 0) is 0 Å². The van der Waals surface area contributed by atoms with Gasteiger partial charge in [0.15, 0.2) is 0 Å². The van der Waals surface area contributed by atoms with Crippen LogP contribution in [0.3, 0.4) is 0 Å². The van der Waals surface area contributed by atoms with Crippen LogP contribution in [-0.4, -0.2) is 25.8 Å². The van der Waals surface area contributed by atoms with Gasteiger partial charge in [-0.05, 0) is 24.6 Å². The van der Waals surface area contributed by atoms with Gasteiger partial charge >= 0.3 is 0 Å². The molecule has 3 aromatic heterocycles. The number of rotatable bonds is 4. The molecule has 4 rings (SSSR count). The predicted octanol–water partition coefficient (Wildman–Crippen LogP) is 3.51. The van der Waals surface area contributed by atoms with Crippen molar-refractivity contribution in [3.8, 4) is 11.1 Å². The van der Waals surface area contributed by atoms with Crippen molar-refractivity contribution in [1.29, 1.82) is 0 Å². The Morgan fingerprint density at radius 1 is 1.04 bits per heavy atom. The number of amides is 1. The molecule has 0 unspecified atom stereocenters. The number of fused-ring (bicyclic) bond motifs is 1. The number of benzene rings is 1. The van der Waals surface area contributed by atoms with Crippen molar-refractivity contribution >= 4 is 16.9 Å². The largest absolute Gasteiger partial charge is 0.346 e. The van der Waals surface area contributed by atoms with E-state index < -0.39 is 0 Å². The maximum atomic E-state index is 12.4. The SMILES string of the molecule is C[C@H](NC(=O)c1ncc(-c2c[nH]c3ncccc23)cn1)c1ccccc1. The molecule has 0 aliphatic carbocycles. The molecule has 0 fully saturated rings. The summed E-state index contributed by atoms with van der Waals surface area (Å²) in [6.07, 6.45) is 6.92. The molecule has 0 aliphatic heterocycles. The molecule has 0 saturated heterocycles. The number of H-pyrrole nitrogens is 1. The smallest absolute Gasteiger partial charge is 0.289 e. The molecule has 4 aromatic rings. The van der Waals surface area contributed by atoms with E-state index in [2.05, 4.69) is 25.3 Å². The maximum Gasteiger partial charge on any atom is 0.289 e. The Hall–Kier alpha value is -3.54. The number of hydrogen-bond acceptors (Lipinski definition) is 4. The van der Waals surface area contributed by atoms with E-state index in [1.165, 1.54) is 0 Å². The third kappa shape index (κ3) is 3.04. The summed E-state index contributed by atoms with van der Waals surface area (Å²) in [5.74, 6) is -0.150. The Morgan fingerprint density at radius 3 is 2.58 bits per heavy atom. The third-order valence-corrected chi connectivity index (χ3v) is 4.26. The molecular weight excluding hydrogens is 326 g/mol. The number of hydrogen-bond donors (Lipinski definition) is 2. The Balaban J connectivity index is 1.53. The standard InChI is InChI=1S/C20H17N5O/c1-13(14-6-3-2-4-7-14)25-20(26)19-22-10-15(11-23-19)17-12-24-18-16(17)8-5-9-21-18/h2-13H,1H3,(H,21,24)(H,25,26)/t13-/m0/s1. The molecule has 1 amide bonds. The highest BCUT2D eigenvalue weighted by atomic mass is 16.2. The minimum absolute atomic E-state index is 0.119. The van der Waals surface area contributed by atoms with Crippen molar-refractivity contribution in [2.45, 2.75) is 13.0 Å². The highest BCUT2D eigenvalue weighted by molar-refractivity contribution is 5.94. The average Bonchev–Trinajstić information content (AvgIpc) is 3.13. The summed E-state index contributed by atoms with van der Waals surface area (Å²) < 4.78 is 0. The van der Waals surface area contributed by atoms with Crippen LogP contribution in [0.5, 0.6) is 0 Å². The topological polar surface area (TPSA) is 83.6 Å². The first-order chi connectivity index (χ1) is 12.7.